The molecule has 1 aliphatic rings. The summed E-state index contributed by atoms with van der Waals surface area (Å²) in [5, 5.41) is 15.8. The van der Waals surface area contributed by atoms with Crippen molar-refractivity contribution in [3.63, 3.8) is 0 Å². The Labute approximate surface area is 154 Å². The monoisotopic (exact) mass is 369 g/mol. The minimum atomic E-state index is -0.174. The van der Waals surface area contributed by atoms with Crippen LogP contribution in [0, 0.1) is 0 Å². The van der Waals surface area contributed by atoms with Gasteiger partial charge in [-0.3, -0.25) is 4.79 Å². The van der Waals surface area contributed by atoms with Crippen molar-refractivity contribution in [2.24, 2.45) is 0 Å². The van der Waals surface area contributed by atoms with Gasteiger partial charge in [0.15, 0.2) is 0 Å². The van der Waals surface area contributed by atoms with E-state index in [-0.39, 0.29) is 18.5 Å². The molecule has 2 aromatic carbocycles. The number of tetrazole rings is 1. The zero-order chi connectivity index (χ0) is 17.9. The van der Waals surface area contributed by atoms with E-state index in [0.29, 0.717) is 17.5 Å². The molecule has 1 unspecified atom stereocenters. The highest BCUT2D eigenvalue weighted by Gasteiger charge is 2.23. The van der Waals surface area contributed by atoms with Gasteiger partial charge in [0.2, 0.25) is 11.7 Å². The molecule has 132 valence electrons. The summed E-state index contributed by atoms with van der Waals surface area (Å²) in [7, 11) is 0. The zero-order valence-electron chi connectivity index (χ0n) is 13.8. The molecule has 8 heteroatoms. The van der Waals surface area contributed by atoms with Crippen LogP contribution in [0.5, 0.6) is 5.75 Å². The minimum Gasteiger partial charge on any atom is -0.493 e. The fourth-order valence-electron chi connectivity index (χ4n) is 2.89. The van der Waals surface area contributed by atoms with E-state index in [1.807, 2.05) is 36.4 Å². The van der Waals surface area contributed by atoms with Gasteiger partial charge in [0, 0.05) is 22.6 Å². The number of para-hydroxylation sites is 1. The van der Waals surface area contributed by atoms with E-state index in [4.69, 9.17) is 16.3 Å². The average Bonchev–Trinajstić information content (AvgIpc) is 3.11. The lowest BCUT2D eigenvalue weighted by Gasteiger charge is -2.26. The van der Waals surface area contributed by atoms with Gasteiger partial charge in [0.25, 0.3) is 0 Å². The third-order valence-electron chi connectivity index (χ3n) is 4.13. The molecule has 4 rings (SSSR count). The number of fused-ring (bicyclic) bond motifs is 1. The van der Waals surface area contributed by atoms with Gasteiger partial charge in [0.1, 0.15) is 12.3 Å². The van der Waals surface area contributed by atoms with Crippen molar-refractivity contribution in [2.75, 3.05) is 6.61 Å². The summed E-state index contributed by atoms with van der Waals surface area (Å²) in [4.78, 5) is 13.7. The topological polar surface area (TPSA) is 81.9 Å². The molecule has 0 spiro atoms. The molecule has 1 aliphatic heterocycles. The van der Waals surface area contributed by atoms with Crippen molar-refractivity contribution < 1.29 is 9.53 Å². The molecule has 0 saturated heterocycles. The molecule has 0 radical (unpaired) electrons. The average molecular weight is 370 g/mol. The van der Waals surface area contributed by atoms with Crippen molar-refractivity contribution in [1.82, 2.24) is 25.5 Å². The number of carbonyl (C=O) groups excluding carboxylic acids is 1. The number of hydrogen-bond donors (Lipinski definition) is 1. The molecule has 7 nitrogen and oxygen atoms in total. The van der Waals surface area contributed by atoms with Crippen LogP contribution in [0.4, 0.5) is 0 Å². The first-order chi connectivity index (χ1) is 12.7. The van der Waals surface area contributed by atoms with Gasteiger partial charge in [-0.1, -0.05) is 29.8 Å². The SMILES string of the molecule is O=C(Cn1nnc(-c2ccc(Cl)cc2)n1)NC1CCOc2ccccc21. The van der Waals surface area contributed by atoms with E-state index in [9.17, 15) is 4.79 Å². The first kappa shape index (κ1) is 16.5. The predicted molar refractivity (Wildman–Crippen MR) is 95.7 cm³/mol. The van der Waals surface area contributed by atoms with E-state index in [2.05, 4.69) is 20.7 Å². The first-order valence-electron chi connectivity index (χ1n) is 8.24. The lowest BCUT2D eigenvalue weighted by atomic mass is 10.0. The number of rotatable bonds is 4. The number of carbonyl (C=O) groups is 1. The van der Waals surface area contributed by atoms with Crippen LogP contribution < -0.4 is 10.1 Å². The Bertz CT molecular complexity index is 925. The highest BCUT2D eigenvalue weighted by Crippen LogP contribution is 2.31. The first-order valence-corrected chi connectivity index (χ1v) is 8.62. The maximum atomic E-state index is 12.4. The molecular formula is C18H16ClN5O2. The quantitative estimate of drug-likeness (QED) is 0.764. The Morgan fingerprint density at radius 2 is 2.04 bits per heavy atom. The summed E-state index contributed by atoms with van der Waals surface area (Å²) in [6.07, 6.45) is 0.726. The largest absolute Gasteiger partial charge is 0.493 e. The minimum absolute atomic E-state index is 0.000113. The van der Waals surface area contributed by atoms with Crippen molar-refractivity contribution in [2.45, 2.75) is 19.0 Å². The number of aromatic nitrogens is 4. The summed E-state index contributed by atoms with van der Waals surface area (Å²) >= 11 is 5.88. The van der Waals surface area contributed by atoms with Crippen LogP contribution in [0.3, 0.4) is 0 Å². The molecule has 26 heavy (non-hydrogen) atoms. The van der Waals surface area contributed by atoms with E-state index in [1.165, 1.54) is 4.80 Å². The van der Waals surface area contributed by atoms with E-state index < -0.39 is 0 Å². The lowest BCUT2D eigenvalue weighted by molar-refractivity contribution is -0.123. The van der Waals surface area contributed by atoms with Crippen LogP contribution in [0.25, 0.3) is 11.4 Å². The van der Waals surface area contributed by atoms with Gasteiger partial charge in [-0.15, -0.1) is 10.2 Å². The molecule has 0 fully saturated rings. The van der Waals surface area contributed by atoms with Gasteiger partial charge in [0.05, 0.1) is 12.6 Å². The smallest absolute Gasteiger partial charge is 0.244 e. The summed E-state index contributed by atoms with van der Waals surface area (Å²) in [6, 6.07) is 14.8. The molecule has 1 amide bonds. The molecule has 1 atom stereocenters. The molecule has 0 saturated carbocycles. The van der Waals surface area contributed by atoms with Crippen molar-refractivity contribution in [3.8, 4) is 17.1 Å². The second-order valence-corrected chi connectivity index (χ2v) is 6.38. The Balaban J connectivity index is 1.42. The van der Waals surface area contributed by atoms with Gasteiger partial charge in [-0.25, -0.2) is 0 Å². The van der Waals surface area contributed by atoms with Crippen LogP contribution >= 0.6 is 11.6 Å². The zero-order valence-corrected chi connectivity index (χ0v) is 14.6. The van der Waals surface area contributed by atoms with Crippen LogP contribution in [0.1, 0.15) is 18.0 Å². The Kier molecular flexibility index (Phi) is 4.53. The van der Waals surface area contributed by atoms with E-state index >= 15 is 0 Å². The third-order valence-corrected chi connectivity index (χ3v) is 4.39. The van der Waals surface area contributed by atoms with Crippen LogP contribution in [-0.4, -0.2) is 32.7 Å². The van der Waals surface area contributed by atoms with Gasteiger partial charge < -0.3 is 10.1 Å². The Morgan fingerprint density at radius 3 is 2.88 bits per heavy atom. The number of ether oxygens (including phenoxy) is 1. The summed E-state index contributed by atoms with van der Waals surface area (Å²) in [5.74, 6) is 1.09. The van der Waals surface area contributed by atoms with Crippen molar-refractivity contribution >= 4 is 17.5 Å². The van der Waals surface area contributed by atoms with E-state index in [0.717, 1.165) is 23.3 Å². The number of amides is 1. The maximum Gasteiger partial charge on any atom is 0.244 e. The number of halogens is 1. The number of hydrogen-bond acceptors (Lipinski definition) is 5. The Hall–Kier alpha value is -2.93. The Morgan fingerprint density at radius 1 is 1.23 bits per heavy atom. The lowest BCUT2D eigenvalue weighted by Crippen LogP contribution is -2.34. The fourth-order valence-corrected chi connectivity index (χ4v) is 3.01. The molecule has 0 aliphatic carbocycles. The van der Waals surface area contributed by atoms with Gasteiger partial charge in [-0.2, -0.15) is 4.80 Å². The van der Waals surface area contributed by atoms with Crippen LogP contribution in [0.2, 0.25) is 5.02 Å². The summed E-state index contributed by atoms with van der Waals surface area (Å²) in [5.41, 5.74) is 1.78. The summed E-state index contributed by atoms with van der Waals surface area (Å²) in [6.45, 7) is 0.574. The molecule has 1 N–H and O–H groups in total. The number of nitrogens with one attached hydrogen (secondary N) is 1. The number of benzene rings is 2. The molecule has 3 aromatic rings. The number of nitrogens with zero attached hydrogens (tertiary/aromatic N) is 4. The second kappa shape index (κ2) is 7.13. The van der Waals surface area contributed by atoms with Gasteiger partial charge >= 0.3 is 0 Å². The molecule has 2 heterocycles. The standard InChI is InChI=1S/C18H16ClN5O2/c19-13-7-5-12(6-8-13)18-21-23-24(22-18)11-17(25)20-15-9-10-26-16-4-2-1-3-14(15)16/h1-8,15H,9-11H2,(H,20,25). The van der Waals surface area contributed by atoms with Crippen LogP contribution in [0.15, 0.2) is 48.5 Å². The summed E-state index contributed by atoms with van der Waals surface area (Å²) < 4.78 is 5.61. The second-order valence-electron chi connectivity index (χ2n) is 5.95. The van der Waals surface area contributed by atoms with E-state index in [1.54, 1.807) is 12.1 Å². The highest BCUT2D eigenvalue weighted by atomic mass is 35.5. The highest BCUT2D eigenvalue weighted by molar-refractivity contribution is 6.30. The maximum absolute atomic E-state index is 12.4. The fraction of sp³-hybridized carbons (Fsp3) is 0.222. The van der Waals surface area contributed by atoms with Crippen LogP contribution in [-0.2, 0) is 11.3 Å². The normalized spacial score (nSPS) is 15.8. The molecular weight excluding hydrogens is 354 g/mol. The third kappa shape index (κ3) is 3.52. The molecule has 0 bridgehead atoms. The van der Waals surface area contributed by atoms with Gasteiger partial charge in [-0.05, 0) is 35.5 Å². The molecule has 1 aromatic heterocycles. The predicted octanol–water partition coefficient (Wildman–Crippen LogP) is 2.63. The van der Waals surface area contributed by atoms with Crippen molar-refractivity contribution in [1.29, 1.82) is 0 Å². The van der Waals surface area contributed by atoms with Crippen molar-refractivity contribution in [3.05, 3.63) is 59.1 Å².